The summed E-state index contributed by atoms with van der Waals surface area (Å²) in [5.74, 6) is 0.272. The molecule has 1 amide bonds. The van der Waals surface area contributed by atoms with Gasteiger partial charge in [0.15, 0.2) is 9.84 Å². The lowest BCUT2D eigenvalue weighted by molar-refractivity contribution is -0.113. The number of hydrogen-bond acceptors (Lipinski definition) is 4. The lowest BCUT2D eigenvalue weighted by Gasteiger charge is -2.17. The molecule has 0 aromatic heterocycles. The minimum Gasteiger partial charge on any atom is -0.325 e. The van der Waals surface area contributed by atoms with Gasteiger partial charge in [-0.25, -0.2) is 8.42 Å². The van der Waals surface area contributed by atoms with Crippen LogP contribution in [0.2, 0.25) is 0 Å². The highest BCUT2D eigenvalue weighted by molar-refractivity contribution is 8.01. The number of carbonyl (C=O) groups is 1. The highest BCUT2D eigenvalue weighted by Crippen LogP contribution is 2.23. The SMILES string of the molecule is CC(C)(C)SCC(=O)Nc1cccc(CS(C)(=O)=O)c1. The summed E-state index contributed by atoms with van der Waals surface area (Å²) >= 11 is 1.57. The van der Waals surface area contributed by atoms with Crippen LogP contribution in [0.4, 0.5) is 5.69 Å². The van der Waals surface area contributed by atoms with Gasteiger partial charge in [0.1, 0.15) is 0 Å². The molecule has 20 heavy (non-hydrogen) atoms. The number of thioether (sulfide) groups is 1. The first kappa shape index (κ1) is 17.0. The quantitative estimate of drug-likeness (QED) is 0.907. The molecule has 0 atom stereocenters. The number of anilines is 1. The van der Waals surface area contributed by atoms with Crippen LogP contribution in [-0.4, -0.2) is 31.1 Å². The molecule has 0 saturated carbocycles. The minimum atomic E-state index is -3.07. The topological polar surface area (TPSA) is 63.2 Å². The van der Waals surface area contributed by atoms with Gasteiger partial charge >= 0.3 is 0 Å². The molecule has 0 saturated heterocycles. The highest BCUT2D eigenvalue weighted by atomic mass is 32.2. The standard InChI is InChI=1S/C14H21NO3S2/c1-14(2,3)19-9-13(16)15-12-7-5-6-11(8-12)10-20(4,17)18/h5-8H,9-10H2,1-4H3,(H,15,16). The second kappa shape index (κ2) is 6.63. The van der Waals surface area contributed by atoms with Crippen LogP contribution in [-0.2, 0) is 20.4 Å². The van der Waals surface area contributed by atoms with E-state index in [4.69, 9.17) is 0 Å². The molecule has 112 valence electrons. The van der Waals surface area contributed by atoms with Crippen molar-refractivity contribution in [1.82, 2.24) is 0 Å². The van der Waals surface area contributed by atoms with Crippen molar-refractivity contribution in [3.8, 4) is 0 Å². The zero-order chi connectivity index (χ0) is 15.4. The molecule has 0 aliphatic heterocycles. The number of amides is 1. The van der Waals surface area contributed by atoms with E-state index < -0.39 is 9.84 Å². The zero-order valence-corrected chi connectivity index (χ0v) is 13.9. The molecule has 0 spiro atoms. The molecular weight excluding hydrogens is 294 g/mol. The van der Waals surface area contributed by atoms with Crippen LogP contribution in [0.25, 0.3) is 0 Å². The van der Waals surface area contributed by atoms with E-state index >= 15 is 0 Å². The van der Waals surface area contributed by atoms with Crippen molar-refractivity contribution < 1.29 is 13.2 Å². The van der Waals surface area contributed by atoms with Crippen molar-refractivity contribution in [2.45, 2.75) is 31.3 Å². The molecule has 0 unspecified atom stereocenters. The van der Waals surface area contributed by atoms with Crippen molar-refractivity contribution in [2.24, 2.45) is 0 Å². The first-order valence-electron chi connectivity index (χ1n) is 6.26. The maximum absolute atomic E-state index is 11.8. The van der Waals surface area contributed by atoms with Gasteiger partial charge in [-0.3, -0.25) is 4.79 Å². The van der Waals surface area contributed by atoms with Gasteiger partial charge < -0.3 is 5.32 Å². The van der Waals surface area contributed by atoms with Crippen LogP contribution < -0.4 is 5.32 Å². The lowest BCUT2D eigenvalue weighted by atomic mass is 10.2. The van der Waals surface area contributed by atoms with Crippen molar-refractivity contribution >= 4 is 33.2 Å². The first-order valence-corrected chi connectivity index (χ1v) is 9.30. The normalized spacial score (nSPS) is 12.2. The Morgan fingerprint density at radius 1 is 1.30 bits per heavy atom. The molecule has 0 aliphatic rings. The van der Waals surface area contributed by atoms with Gasteiger partial charge in [0.25, 0.3) is 0 Å². The van der Waals surface area contributed by atoms with Crippen molar-refractivity contribution in [3.63, 3.8) is 0 Å². The van der Waals surface area contributed by atoms with Crippen LogP contribution in [0, 0.1) is 0 Å². The third-order valence-corrected chi connectivity index (χ3v) is 4.41. The van der Waals surface area contributed by atoms with Crippen LogP contribution in [0.15, 0.2) is 24.3 Å². The lowest BCUT2D eigenvalue weighted by Crippen LogP contribution is -2.19. The van der Waals surface area contributed by atoms with Gasteiger partial charge in [0.2, 0.25) is 5.91 Å². The Balaban J connectivity index is 2.64. The zero-order valence-electron chi connectivity index (χ0n) is 12.3. The molecule has 0 radical (unpaired) electrons. The Hall–Kier alpha value is -1.01. The molecule has 0 bridgehead atoms. The Bertz CT molecular complexity index is 574. The fourth-order valence-corrected chi connectivity index (χ4v) is 2.94. The molecule has 1 aromatic carbocycles. The van der Waals surface area contributed by atoms with Gasteiger partial charge in [-0.15, -0.1) is 11.8 Å². The van der Waals surface area contributed by atoms with Crippen LogP contribution >= 0.6 is 11.8 Å². The number of rotatable bonds is 5. The summed E-state index contributed by atoms with van der Waals surface area (Å²) in [6.45, 7) is 6.16. The monoisotopic (exact) mass is 315 g/mol. The Kier molecular flexibility index (Phi) is 5.65. The van der Waals surface area contributed by atoms with E-state index in [-0.39, 0.29) is 16.4 Å². The maximum Gasteiger partial charge on any atom is 0.234 e. The second-order valence-electron chi connectivity index (χ2n) is 5.72. The molecule has 1 aromatic rings. The molecular formula is C14H21NO3S2. The first-order chi connectivity index (χ1) is 9.05. The number of nitrogens with one attached hydrogen (secondary N) is 1. The summed E-state index contributed by atoms with van der Waals surface area (Å²) in [4.78, 5) is 11.8. The van der Waals surface area contributed by atoms with Crippen LogP contribution in [0.3, 0.4) is 0 Å². The summed E-state index contributed by atoms with van der Waals surface area (Å²) in [6.07, 6.45) is 1.19. The summed E-state index contributed by atoms with van der Waals surface area (Å²) < 4.78 is 22.5. The number of carbonyl (C=O) groups excluding carboxylic acids is 1. The Labute approximate surface area is 125 Å². The predicted molar refractivity (Wildman–Crippen MR) is 85.8 cm³/mol. The molecule has 0 fully saturated rings. The van der Waals surface area contributed by atoms with Gasteiger partial charge in [-0.1, -0.05) is 32.9 Å². The fraction of sp³-hybridized carbons (Fsp3) is 0.500. The van der Waals surface area contributed by atoms with Crippen molar-refractivity contribution in [1.29, 1.82) is 0 Å². The molecule has 4 nitrogen and oxygen atoms in total. The van der Waals surface area contributed by atoms with Gasteiger partial charge in [0.05, 0.1) is 11.5 Å². The van der Waals surface area contributed by atoms with Crippen LogP contribution in [0.5, 0.6) is 0 Å². The average molecular weight is 315 g/mol. The van der Waals surface area contributed by atoms with Gasteiger partial charge in [-0.05, 0) is 17.7 Å². The number of benzene rings is 1. The predicted octanol–water partition coefficient (Wildman–Crippen LogP) is 2.70. The summed E-state index contributed by atoms with van der Waals surface area (Å²) in [6, 6.07) is 6.93. The molecule has 6 heteroatoms. The summed E-state index contributed by atoms with van der Waals surface area (Å²) in [5, 5.41) is 2.79. The second-order valence-corrected chi connectivity index (χ2v) is 9.66. The number of sulfone groups is 1. The van der Waals surface area contributed by atoms with Gasteiger partial charge in [-0.2, -0.15) is 0 Å². The van der Waals surface area contributed by atoms with E-state index in [9.17, 15) is 13.2 Å². The third kappa shape index (κ3) is 7.55. The largest absolute Gasteiger partial charge is 0.325 e. The van der Waals surface area contributed by atoms with E-state index in [1.807, 2.05) is 0 Å². The number of hydrogen-bond donors (Lipinski definition) is 1. The van der Waals surface area contributed by atoms with E-state index in [0.717, 1.165) is 0 Å². The Morgan fingerprint density at radius 3 is 2.50 bits per heavy atom. The highest BCUT2D eigenvalue weighted by Gasteiger charge is 2.13. The van der Waals surface area contributed by atoms with E-state index in [0.29, 0.717) is 17.0 Å². The molecule has 1 rings (SSSR count). The van der Waals surface area contributed by atoms with Gasteiger partial charge in [0, 0.05) is 16.7 Å². The minimum absolute atomic E-state index is 0.0204. The van der Waals surface area contributed by atoms with Crippen molar-refractivity contribution in [2.75, 3.05) is 17.3 Å². The fourth-order valence-electron chi connectivity index (χ4n) is 1.52. The van der Waals surface area contributed by atoms with Crippen molar-refractivity contribution in [3.05, 3.63) is 29.8 Å². The smallest absolute Gasteiger partial charge is 0.234 e. The molecule has 1 N–H and O–H groups in total. The van der Waals surface area contributed by atoms with E-state index in [1.54, 1.807) is 36.0 Å². The third-order valence-electron chi connectivity index (χ3n) is 2.28. The average Bonchev–Trinajstić information content (AvgIpc) is 2.23. The van der Waals surface area contributed by atoms with E-state index in [2.05, 4.69) is 26.1 Å². The molecule has 0 heterocycles. The summed E-state index contributed by atoms with van der Waals surface area (Å²) in [7, 11) is -3.07. The van der Waals surface area contributed by atoms with E-state index in [1.165, 1.54) is 6.26 Å². The Morgan fingerprint density at radius 2 is 1.95 bits per heavy atom. The van der Waals surface area contributed by atoms with Crippen LogP contribution in [0.1, 0.15) is 26.3 Å². The summed E-state index contributed by atoms with van der Waals surface area (Å²) in [5.41, 5.74) is 1.31. The molecule has 0 aliphatic carbocycles. The maximum atomic E-state index is 11.8.